The molecule has 0 spiro atoms. The average molecular weight is 222 g/mol. The second-order valence-corrected chi connectivity index (χ2v) is 3.37. The number of rotatable bonds is 4. The topological polar surface area (TPSA) is 37.8 Å². The van der Waals surface area contributed by atoms with Crippen LogP contribution in [0.3, 0.4) is 0 Å². The molecule has 0 aromatic carbocycles. The van der Waals surface area contributed by atoms with Gasteiger partial charge in [-0.2, -0.15) is 0 Å². The summed E-state index contributed by atoms with van der Waals surface area (Å²) < 4.78 is 24.8. The Labute approximate surface area is 85.5 Å². The van der Waals surface area contributed by atoms with Gasteiger partial charge in [0, 0.05) is 13.0 Å². The summed E-state index contributed by atoms with van der Waals surface area (Å²) >= 11 is 5.70. The molecule has 1 rings (SSSR count). The quantitative estimate of drug-likeness (QED) is 0.849. The fourth-order valence-corrected chi connectivity index (χ4v) is 1.02. The number of anilines is 1. The van der Waals surface area contributed by atoms with E-state index < -0.39 is 5.92 Å². The van der Waals surface area contributed by atoms with Crippen LogP contribution in [-0.4, -0.2) is 22.4 Å². The normalized spacial score (nSPS) is 11.4. The van der Waals surface area contributed by atoms with E-state index in [1.807, 2.05) is 0 Å². The first-order chi connectivity index (χ1) is 6.49. The molecule has 0 radical (unpaired) electrons. The van der Waals surface area contributed by atoms with Gasteiger partial charge in [-0.3, -0.25) is 0 Å². The predicted molar refractivity (Wildman–Crippen MR) is 50.8 cm³/mol. The third-order valence-corrected chi connectivity index (χ3v) is 1.80. The molecular formula is C8H10ClF2N3. The first-order valence-electron chi connectivity index (χ1n) is 4.06. The average Bonchev–Trinajstić information content (AvgIpc) is 2.06. The molecule has 3 nitrogen and oxygen atoms in total. The fourth-order valence-electron chi connectivity index (χ4n) is 0.843. The van der Waals surface area contributed by atoms with Crippen LogP contribution in [0.4, 0.5) is 14.6 Å². The molecule has 14 heavy (non-hydrogen) atoms. The van der Waals surface area contributed by atoms with Gasteiger partial charge in [0.25, 0.3) is 0 Å². The van der Waals surface area contributed by atoms with E-state index in [9.17, 15) is 8.78 Å². The SMILES string of the molecule is CC(F)(F)CCNc1ncncc1Cl. The van der Waals surface area contributed by atoms with Crippen LogP contribution >= 0.6 is 11.6 Å². The Bertz CT molecular complexity index is 301. The summed E-state index contributed by atoms with van der Waals surface area (Å²) in [6.45, 7) is 0.997. The van der Waals surface area contributed by atoms with Crippen LogP contribution in [0, 0.1) is 0 Å². The van der Waals surface area contributed by atoms with Crippen molar-refractivity contribution in [3.05, 3.63) is 17.5 Å². The lowest BCUT2D eigenvalue weighted by atomic mass is 10.3. The Morgan fingerprint density at radius 3 is 2.86 bits per heavy atom. The lowest BCUT2D eigenvalue weighted by Gasteiger charge is -2.11. The molecule has 1 heterocycles. The smallest absolute Gasteiger partial charge is 0.247 e. The van der Waals surface area contributed by atoms with E-state index in [1.54, 1.807) is 0 Å². The second-order valence-electron chi connectivity index (χ2n) is 2.97. The Morgan fingerprint density at radius 1 is 1.57 bits per heavy atom. The van der Waals surface area contributed by atoms with Crippen LogP contribution in [-0.2, 0) is 0 Å². The van der Waals surface area contributed by atoms with E-state index in [2.05, 4.69) is 15.3 Å². The van der Waals surface area contributed by atoms with Crippen molar-refractivity contribution in [2.24, 2.45) is 0 Å². The van der Waals surface area contributed by atoms with E-state index >= 15 is 0 Å². The zero-order valence-electron chi connectivity index (χ0n) is 7.60. The summed E-state index contributed by atoms with van der Waals surface area (Å²) in [6, 6.07) is 0. The van der Waals surface area contributed by atoms with Crippen molar-refractivity contribution in [2.75, 3.05) is 11.9 Å². The van der Waals surface area contributed by atoms with Crippen molar-refractivity contribution in [1.82, 2.24) is 9.97 Å². The van der Waals surface area contributed by atoms with Gasteiger partial charge in [0.2, 0.25) is 5.92 Å². The Hall–Kier alpha value is -0.970. The number of hydrogen-bond acceptors (Lipinski definition) is 3. The van der Waals surface area contributed by atoms with Gasteiger partial charge >= 0.3 is 0 Å². The number of nitrogens with one attached hydrogen (secondary N) is 1. The number of alkyl halides is 2. The number of aromatic nitrogens is 2. The lowest BCUT2D eigenvalue weighted by Crippen LogP contribution is -2.16. The molecule has 0 saturated carbocycles. The fraction of sp³-hybridized carbons (Fsp3) is 0.500. The van der Waals surface area contributed by atoms with Gasteiger partial charge in [-0.05, 0) is 6.92 Å². The Morgan fingerprint density at radius 2 is 2.29 bits per heavy atom. The van der Waals surface area contributed by atoms with Crippen molar-refractivity contribution >= 4 is 17.4 Å². The maximum absolute atomic E-state index is 12.4. The molecular weight excluding hydrogens is 212 g/mol. The number of halogens is 3. The maximum atomic E-state index is 12.4. The van der Waals surface area contributed by atoms with Crippen molar-refractivity contribution in [1.29, 1.82) is 0 Å². The van der Waals surface area contributed by atoms with Crippen LogP contribution in [0.2, 0.25) is 5.02 Å². The minimum Gasteiger partial charge on any atom is -0.369 e. The zero-order chi connectivity index (χ0) is 10.6. The summed E-state index contributed by atoms with van der Waals surface area (Å²) in [4.78, 5) is 7.47. The maximum Gasteiger partial charge on any atom is 0.247 e. The monoisotopic (exact) mass is 221 g/mol. The summed E-state index contributed by atoms with van der Waals surface area (Å²) in [7, 11) is 0. The zero-order valence-corrected chi connectivity index (χ0v) is 8.35. The van der Waals surface area contributed by atoms with E-state index in [4.69, 9.17) is 11.6 Å². The largest absolute Gasteiger partial charge is 0.369 e. The molecule has 0 atom stereocenters. The van der Waals surface area contributed by atoms with Gasteiger partial charge in [-0.25, -0.2) is 18.7 Å². The van der Waals surface area contributed by atoms with Gasteiger partial charge in [0.1, 0.15) is 17.2 Å². The first-order valence-corrected chi connectivity index (χ1v) is 4.44. The highest BCUT2D eigenvalue weighted by molar-refractivity contribution is 6.32. The van der Waals surface area contributed by atoms with E-state index in [1.165, 1.54) is 12.5 Å². The third-order valence-electron chi connectivity index (χ3n) is 1.52. The molecule has 0 unspecified atom stereocenters. The first kappa shape index (κ1) is 11.1. The minimum absolute atomic E-state index is 0.125. The van der Waals surface area contributed by atoms with Gasteiger partial charge in [-0.15, -0.1) is 0 Å². The highest BCUT2D eigenvalue weighted by Crippen LogP contribution is 2.19. The molecule has 0 aliphatic heterocycles. The van der Waals surface area contributed by atoms with Gasteiger partial charge in [-0.1, -0.05) is 11.6 Å². The van der Waals surface area contributed by atoms with Crippen molar-refractivity contribution < 1.29 is 8.78 Å². The molecule has 0 amide bonds. The standard InChI is InChI=1S/C8H10ClF2N3/c1-8(10,11)2-3-13-7-6(9)4-12-5-14-7/h4-5H,2-3H2,1H3,(H,12,13,14). The molecule has 0 aliphatic carbocycles. The van der Waals surface area contributed by atoms with Crippen LogP contribution in [0.1, 0.15) is 13.3 Å². The summed E-state index contributed by atoms with van der Waals surface area (Å²) in [5, 5.41) is 3.03. The molecule has 6 heteroatoms. The second kappa shape index (κ2) is 4.50. The van der Waals surface area contributed by atoms with E-state index in [0.29, 0.717) is 10.8 Å². The Kier molecular flexibility index (Phi) is 3.57. The van der Waals surface area contributed by atoms with Crippen molar-refractivity contribution in [3.63, 3.8) is 0 Å². The van der Waals surface area contributed by atoms with Gasteiger partial charge < -0.3 is 5.32 Å². The van der Waals surface area contributed by atoms with Crippen LogP contribution in [0.5, 0.6) is 0 Å². The predicted octanol–water partition coefficient (Wildman–Crippen LogP) is 2.59. The molecule has 0 saturated heterocycles. The van der Waals surface area contributed by atoms with Crippen LogP contribution in [0.25, 0.3) is 0 Å². The van der Waals surface area contributed by atoms with Gasteiger partial charge in [0.15, 0.2) is 0 Å². The Balaban J connectivity index is 2.43. The highest BCUT2D eigenvalue weighted by Gasteiger charge is 2.20. The summed E-state index contributed by atoms with van der Waals surface area (Å²) in [6.07, 6.45) is 2.45. The van der Waals surface area contributed by atoms with Crippen molar-refractivity contribution in [3.8, 4) is 0 Å². The summed E-state index contributed by atoms with van der Waals surface area (Å²) in [5.74, 6) is -2.29. The number of nitrogens with zero attached hydrogens (tertiary/aromatic N) is 2. The molecule has 1 N–H and O–H groups in total. The van der Waals surface area contributed by atoms with E-state index in [-0.39, 0.29) is 13.0 Å². The third kappa shape index (κ3) is 3.83. The molecule has 0 fully saturated rings. The minimum atomic E-state index is -2.67. The summed E-state index contributed by atoms with van der Waals surface area (Å²) in [5.41, 5.74) is 0. The molecule has 78 valence electrons. The highest BCUT2D eigenvalue weighted by atomic mass is 35.5. The lowest BCUT2D eigenvalue weighted by molar-refractivity contribution is 0.0167. The van der Waals surface area contributed by atoms with E-state index in [0.717, 1.165) is 6.92 Å². The van der Waals surface area contributed by atoms with Crippen LogP contribution < -0.4 is 5.32 Å². The molecule has 1 aromatic rings. The molecule has 0 aliphatic rings. The van der Waals surface area contributed by atoms with Crippen LogP contribution in [0.15, 0.2) is 12.5 Å². The number of hydrogen-bond donors (Lipinski definition) is 1. The molecule has 1 aromatic heterocycles. The molecule has 0 bridgehead atoms. The van der Waals surface area contributed by atoms with Gasteiger partial charge in [0.05, 0.1) is 6.20 Å². The van der Waals surface area contributed by atoms with Crippen molar-refractivity contribution in [2.45, 2.75) is 19.3 Å².